The van der Waals surface area contributed by atoms with Gasteiger partial charge in [0.15, 0.2) is 11.5 Å². The molecule has 2 fully saturated rings. The maximum Gasteiger partial charge on any atom is 0.162 e. The number of hydrogen-bond acceptors (Lipinski definition) is 5. The first-order valence-corrected chi connectivity index (χ1v) is 9.72. The van der Waals surface area contributed by atoms with Crippen LogP contribution in [0.1, 0.15) is 31.2 Å². The van der Waals surface area contributed by atoms with E-state index in [1.807, 2.05) is 12.1 Å². The van der Waals surface area contributed by atoms with E-state index in [9.17, 15) is 0 Å². The lowest BCUT2D eigenvalue weighted by molar-refractivity contribution is 0.207. The molecule has 26 heavy (non-hydrogen) atoms. The fourth-order valence-corrected chi connectivity index (χ4v) is 4.43. The van der Waals surface area contributed by atoms with Crippen LogP contribution in [0.15, 0.2) is 18.2 Å². The molecule has 140 valence electrons. The van der Waals surface area contributed by atoms with Gasteiger partial charge in [0.1, 0.15) is 5.82 Å². The standard InChI is InChI=1S/C21H29N3O2/c1-15-12-21(22-18-14-20(26-3)19(25-2)13-17(15)18)24-10-6-16(7-11-24)23-8-4-5-9-23/h12-14,16H,4-11H2,1-3H3. The zero-order valence-corrected chi connectivity index (χ0v) is 16.1. The number of rotatable bonds is 4. The van der Waals surface area contributed by atoms with Crippen molar-refractivity contribution >= 4 is 16.7 Å². The van der Waals surface area contributed by atoms with Gasteiger partial charge in [0, 0.05) is 30.6 Å². The van der Waals surface area contributed by atoms with E-state index < -0.39 is 0 Å². The Hall–Kier alpha value is -2.01. The molecule has 0 spiro atoms. The van der Waals surface area contributed by atoms with E-state index in [4.69, 9.17) is 14.5 Å². The van der Waals surface area contributed by atoms with E-state index in [0.29, 0.717) is 0 Å². The van der Waals surface area contributed by atoms with Crippen LogP contribution in [0.5, 0.6) is 11.5 Å². The van der Waals surface area contributed by atoms with E-state index in [1.54, 1.807) is 14.2 Å². The molecule has 0 bridgehead atoms. The number of anilines is 1. The number of ether oxygens (including phenoxy) is 2. The molecule has 0 N–H and O–H groups in total. The van der Waals surface area contributed by atoms with Gasteiger partial charge in [0.05, 0.1) is 19.7 Å². The maximum atomic E-state index is 5.46. The van der Waals surface area contributed by atoms with E-state index in [2.05, 4.69) is 22.8 Å². The fraction of sp³-hybridized carbons (Fsp3) is 0.571. The second kappa shape index (κ2) is 7.31. The highest BCUT2D eigenvalue weighted by molar-refractivity contribution is 5.87. The molecule has 5 heteroatoms. The van der Waals surface area contributed by atoms with Gasteiger partial charge < -0.3 is 19.3 Å². The Kier molecular flexibility index (Phi) is 4.90. The molecule has 1 aromatic carbocycles. The molecule has 0 aliphatic carbocycles. The third kappa shape index (κ3) is 3.20. The van der Waals surface area contributed by atoms with Gasteiger partial charge in [0.25, 0.3) is 0 Å². The number of pyridine rings is 1. The average molecular weight is 355 g/mol. The van der Waals surface area contributed by atoms with Crippen LogP contribution in [0.25, 0.3) is 10.9 Å². The number of aryl methyl sites for hydroxylation is 1. The van der Waals surface area contributed by atoms with Crippen LogP contribution in [-0.4, -0.2) is 56.3 Å². The lowest BCUT2D eigenvalue weighted by Gasteiger charge is -2.37. The van der Waals surface area contributed by atoms with Crippen LogP contribution < -0.4 is 14.4 Å². The second-order valence-corrected chi connectivity index (χ2v) is 7.48. The van der Waals surface area contributed by atoms with Crippen LogP contribution in [-0.2, 0) is 0 Å². The molecule has 3 heterocycles. The summed E-state index contributed by atoms with van der Waals surface area (Å²) in [5.74, 6) is 2.57. The van der Waals surface area contributed by atoms with Gasteiger partial charge in [-0.1, -0.05) is 0 Å². The van der Waals surface area contributed by atoms with Crippen molar-refractivity contribution in [1.82, 2.24) is 9.88 Å². The molecule has 2 aliphatic rings. The molecule has 5 nitrogen and oxygen atoms in total. The predicted octanol–water partition coefficient (Wildman–Crippen LogP) is 3.63. The summed E-state index contributed by atoms with van der Waals surface area (Å²) in [5, 5.41) is 1.12. The monoisotopic (exact) mass is 355 g/mol. The van der Waals surface area contributed by atoms with Crippen molar-refractivity contribution in [3.8, 4) is 11.5 Å². The van der Waals surface area contributed by atoms with Crippen LogP contribution in [0.2, 0.25) is 0 Å². The van der Waals surface area contributed by atoms with Crippen molar-refractivity contribution in [2.45, 2.75) is 38.6 Å². The minimum Gasteiger partial charge on any atom is -0.493 e. The molecule has 0 atom stereocenters. The van der Waals surface area contributed by atoms with Crippen molar-refractivity contribution in [1.29, 1.82) is 0 Å². The molecule has 2 aromatic rings. The molecule has 2 aliphatic heterocycles. The smallest absolute Gasteiger partial charge is 0.162 e. The number of methoxy groups -OCH3 is 2. The van der Waals surface area contributed by atoms with Crippen molar-refractivity contribution in [3.63, 3.8) is 0 Å². The van der Waals surface area contributed by atoms with E-state index >= 15 is 0 Å². The van der Waals surface area contributed by atoms with Gasteiger partial charge >= 0.3 is 0 Å². The molecule has 4 rings (SSSR count). The fourth-order valence-electron chi connectivity index (χ4n) is 4.43. The predicted molar refractivity (Wildman–Crippen MR) is 106 cm³/mol. The largest absolute Gasteiger partial charge is 0.493 e. The maximum absolute atomic E-state index is 5.46. The highest BCUT2D eigenvalue weighted by atomic mass is 16.5. The first kappa shape index (κ1) is 17.4. The summed E-state index contributed by atoms with van der Waals surface area (Å²) in [5.41, 5.74) is 2.20. The number of likely N-dealkylation sites (tertiary alicyclic amines) is 1. The van der Waals surface area contributed by atoms with Crippen LogP contribution in [0, 0.1) is 6.92 Å². The van der Waals surface area contributed by atoms with Gasteiger partial charge in [-0.25, -0.2) is 4.98 Å². The highest BCUT2D eigenvalue weighted by Gasteiger charge is 2.27. The quantitative estimate of drug-likeness (QED) is 0.837. The average Bonchev–Trinajstić information content (AvgIpc) is 3.22. The zero-order chi connectivity index (χ0) is 18.1. The first-order chi connectivity index (χ1) is 12.7. The number of benzene rings is 1. The van der Waals surface area contributed by atoms with Crippen LogP contribution in [0.4, 0.5) is 5.82 Å². The van der Waals surface area contributed by atoms with Crippen LogP contribution >= 0.6 is 0 Å². The van der Waals surface area contributed by atoms with E-state index in [-0.39, 0.29) is 0 Å². The summed E-state index contributed by atoms with van der Waals surface area (Å²) in [6, 6.07) is 6.99. The number of fused-ring (bicyclic) bond motifs is 1. The highest BCUT2D eigenvalue weighted by Crippen LogP contribution is 2.34. The molecule has 1 aromatic heterocycles. The molecule has 0 unspecified atom stereocenters. The summed E-state index contributed by atoms with van der Waals surface area (Å²) in [6.45, 7) is 6.91. The number of nitrogens with zero attached hydrogens (tertiary/aromatic N) is 3. The van der Waals surface area contributed by atoms with Gasteiger partial charge in [-0.15, -0.1) is 0 Å². The number of hydrogen-bond donors (Lipinski definition) is 0. The van der Waals surface area contributed by atoms with Gasteiger partial charge in [-0.05, 0) is 63.4 Å². The SMILES string of the molecule is COc1cc2nc(N3CCC(N4CCCC4)CC3)cc(C)c2cc1OC. The molecule has 0 amide bonds. The number of aromatic nitrogens is 1. The normalized spacial score (nSPS) is 19.3. The number of piperidine rings is 1. The summed E-state index contributed by atoms with van der Waals surface area (Å²) in [4.78, 5) is 10.1. The molecule has 2 saturated heterocycles. The lowest BCUT2D eigenvalue weighted by atomic mass is 10.0. The Morgan fingerprint density at radius 3 is 2.23 bits per heavy atom. The molecular weight excluding hydrogens is 326 g/mol. The van der Waals surface area contributed by atoms with Crippen molar-refractivity contribution < 1.29 is 9.47 Å². The second-order valence-electron chi connectivity index (χ2n) is 7.48. The Morgan fingerprint density at radius 2 is 1.58 bits per heavy atom. The third-order valence-corrected chi connectivity index (χ3v) is 5.95. The van der Waals surface area contributed by atoms with E-state index in [1.165, 1.54) is 44.3 Å². The van der Waals surface area contributed by atoms with Gasteiger partial charge in [-0.2, -0.15) is 0 Å². The van der Waals surface area contributed by atoms with E-state index in [0.717, 1.165) is 47.4 Å². The Bertz CT molecular complexity index is 778. The third-order valence-electron chi connectivity index (χ3n) is 5.95. The van der Waals surface area contributed by atoms with Gasteiger partial charge in [-0.3, -0.25) is 0 Å². The van der Waals surface area contributed by atoms with Gasteiger partial charge in [0.2, 0.25) is 0 Å². The summed E-state index contributed by atoms with van der Waals surface area (Å²) < 4.78 is 10.9. The first-order valence-electron chi connectivity index (χ1n) is 9.72. The minimum atomic E-state index is 0.733. The summed E-state index contributed by atoms with van der Waals surface area (Å²) in [6.07, 6.45) is 5.23. The van der Waals surface area contributed by atoms with Crippen molar-refractivity contribution in [3.05, 3.63) is 23.8 Å². The summed E-state index contributed by atoms with van der Waals surface area (Å²) in [7, 11) is 3.34. The topological polar surface area (TPSA) is 37.8 Å². The Morgan fingerprint density at radius 1 is 0.923 bits per heavy atom. The summed E-state index contributed by atoms with van der Waals surface area (Å²) >= 11 is 0. The van der Waals surface area contributed by atoms with Crippen molar-refractivity contribution in [2.24, 2.45) is 0 Å². The zero-order valence-electron chi connectivity index (χ0n) is 16.1. The lowest BCUT2D eigenvalue weighted by Crippen LogP contribution is -2.44. The Balaban J connectivity index is 1.57. The molecular formula is C21H29N3O2. The molecule has 0 radical (unpaired) electrons. The molecule has 0 saturated carbocycles. The van der Waals surface area contributed by atoms with Crippen LogP contribution in [0.3, 0.4) is 0 Å². The Labute approximate surface area is 155 Å². The van der Waals surface area contributed by atoms with Crippen molar-refractivity contribution in [2.75, 3.05) is 45.3 Å². The minimum absolute atomic E-state index is 0.733.